The fourth-order valence-corrected chi connectivity index (χ4v) is 3.75. The number of aryl methyl sites for hydroxylation is 1. The Bertz CT molecular complexity index is 1110. The smallest absolute Gasteiger partial charge is 0.443 e. The summed E-state index contributed by atoms with van der Waals surface area (Å²) in [6, 6.07) is 0.988. The summed E-state index contributed by atoms with van der Waals surface area (Å²) in [5.74, 6) is -1.05. The highest BCUT2D eigenvalue weighted by molar-refractivity contribution is 7.88. The molecule has 30 heavy (non-hydrogen) atoms. The van der Waals surface area contributed by atoms with E-state index in [4.69, 9.17) is 20.8 Å². The van der Waals surface area contributed by atoms with Gasteiger partial charge in [0.15, 0.2) is 17.2 Å². The van der Waals surface area contributed by atoms with E-state index in [2.05, 4.69) is 9.17 Å². The number of amides is 1. The van der Waals surface area contributed by atoms with E-state index in [9.17, 15) is 26.4 Å². The van der Waals surface area contributed by atoms with Crippen LogP contribution in [-0.2, 0) is 14.9 Å². The van der Waals surface area contributed by atoms with E-state index in [0.29, 0.717) is 5.56 Å². The highest BCUT2D eigenvalue weighted by Crippen LogP contribution is 2.46. The molecule has 8 nitrogen and oxygen atoms in total. The Balaban J connectivity index is 2.20. The minimum atomic E-state index is -5.98. The van der Waals surface area contributed by atoms with Gasteiger partial charge in [-0.1, -0.05) is 0 Å². The second-order valence-corrected chi connectivity index (χ2v) is 9.49. The van der Waals surface area contributed by atoms with Crippen molar-refractivity contribution >= 4 is 44.6 Å². The van der Waals surface area contributed by atoms with Crippen LogP contribution in [0.2, 0.25) is 0 Å². The highest BCUT2D eigenvalue weighted by atomic mass is 35.5. The van der Waals surface area contributed by atoms with Gasteiger partial charge in [0.05, 0.1) is 5.69 Å². The molecule has 0 N–H and O–H groups in total. The zero-order valence-corrected chi connectivity index (χ0v) is 17.9. The predicted octanol–water partition coefficient (Wildman–Crippen LogP) is 4.44. The molecule has 0 radical (unpaired) electrons. The number of anilines is 1. The molecule has 1 atom stereocenters. The molecule has 0 aliphatic carbocycles. The minimum Gasteiger partial charge on any atom is -0.443 e. The third-order valence-electron chi connectivity index (χ3n) is 4.14. The van der Waals surface area contributed by atoms with Gasteiger partial charge < -0.3 is 13.3 Å². The number of carbonyl (C=O) groups is 1. The monoisotopic (exact) mass is 470 g/mol. The molecule has 0 bridgehead atoms. The zero-order chi connectivity index (χ0) is 22.6. The van der Waals surface area contributed by atoms with Gasteiger partial charge >= 0.3 is 21.7 Å². The lowest BCUT2D eigenvalue weighted by Crippen LogP contribution is -2.36. The Morgan fingerprint density at radius 2 is 2.00 bits per heavy atom. The maximum atomic E-state index is 12.8. The van der Waals surface area contributed by atoms with Gasteiger partial charge in [0.1, 0.15) is 11.1 Å². The SMILES string of the molecule is Cc1nc2c3c(cc(OS(=O)(=O)C(F)(F)F)c2o1)N(C(=O)OC(C)(C)C)CC3CCl. The third kappa shape index (κ3) is 4.02. The van der Waals surface area contributed by atoms with Crippen LogP contribution in [0.5, 0.6) is 5.75 Å². The lowest BCUT2D eigenvalue weighted by Gasteiger charge is -2.25. The topological polar surface area (TPSA) is 98.9 Å². The van der Waals surface area contributed by atoms with Gasteiger partial charge in [-0.3, -0.25) is 4.90 Å². The largest absolute Gasteiger partial charge is 0.534 e. The summed E-state index contributed by atoms with van der Waals surface area (Å²) in [5.41, 5.74) is -6.21. The maximum Gasteiger partial charge on any atom is 0.534 e. The fraction of sp³-hybridized carbons (Fsp3) is 0.529. The Hall–Kier alpha value is -2.21. The number of fused-ring (bicyclic) bond motifs is 3. The van der Waals surface area contributed by atoms with Gasteiger partial charge in [-0.25, -0.2) is 9.78 Å². The van der Waals surface area contributed by atoms with E-state index in [1.54, 1.807) is 20.8 Å². The number of hydrogen-bond acceptors (Lipinski definition) is 7. The molecule has 0 saturated carbocycles. The number of halogens is 4. The first kappa shape index (κ1) is 22.5. The van der Waals surface area contributed by atoms with Crippen molar-refractivity contribution in [2.75, 3.05) is 17.3 Å². The average Bonchev–Trinajstić information content (AvgIpc) is 3.12. The van der Waals surface area contributed by atoms with Crippen molar-refractivity contribution in [2.45, 2.75) is 44.7 Å². The van der Waals surface area contributed by atoms with Gasteiger partial charge in [-0.15, -0.1) is 11.6 Å². The standard InChI is InChI=1S/C17H18ClF3N2O6S/c1-8-22-13-12-9(6-18)7-23(15(24)28-16(2,3)4)10(12)5-11(14(13)27-8)29-30(25,26)17(19,20)21/h5,9H,6-7H2,1-4H3. The molecular weight excluding hydrogens is 453 g/mol. The molecule has 1 amide bonds. The van der Waals surface area contributed by atoms with E-state index in [1.165, 1.54) is 6.92 Å². The third-order valence-corrected chi connectivity index (χ3v) is 5.48. The Labute approximate surface area is 175 Å². The second-order valence-electron chi connectivity index (χ2n) is 7.64. The van der Waals surface area contributed by atoms with Crippen LogP contribution in [0.3, 0.4) is 0 Å². The van der Waals surface area contributed by atoms with Gasteiger partial charge in [-0.05, 0) is 20.8 Å². The Kier molecular flexibility index (Phi) is 5.38. The molecule has 13 heteroatoms. The summed E-state index contributed by atoms with van der Waals surface area (Å²) in [6.07, 6.45) is -0.777. The van der Waals surface area contributed by atoms with Crippen molar-refractivity contribution in [3.8, 4) is 5.75 Å². The molecule has 166 valence electrons. The van der Waals surface area contributed by atoms with Crippen LogP contribution < -0.4 is 9.08 Å². The van der Waals surface area contributed by atoms with E-state index in [1.807, 2.05) is 0 Å². The average molecular weight is 471 g/mol. The predicted molar refractivity (Wildman–Crippen MR) is 101 cm³/mol. The number of oxazole rings is 1. The number of nitrogens with zero attached hydrogens (tertiary/aromatic N) is 2. The highest BCUT2D eigenvalue weighted by Gasteiger charge is 2.49. The summed E-state index contributed by atoms with van der Waals surface area (Å²) in [6.45, 7) is 6.44. The Morgan fingerprint density at radius 1 is 1.37 bits per heavy atom. The van der Waals surface area contributed by atoms with E-state index in [0.717, 1.165) is 11.0 Å². The van der Waals surface area contributed by atoms with Crippen LogP contribution >= 0.6 is 11.6 Å². The van der Waals surface area contributed by atoms with Crippen LogP contribution in [-0.4, -0.2) is 43.0 Å². The molecule has 1 aromatic carbocycles. The van der Waals surface area contributed by atoms with Crippen LogP contribution in [0.4, 0.5) is 23.7 Å². The molecule has 1 aliphatic heterocycles. The van der Waals surface area contributed by atoms with Gasteiger partial charge in [0.25, 0.3) is 0 Å². The van der Waals surface area contributed by atoms with Crippen LogP contribution in [0.25, 0.3) is 11.1 Å². The molecular formula is C17H18ClF3N2O6S. The van der Waals surface area contributed by atoms with E-state index >= 15 is 0 Å². The summed E-state index contributed by atoms with van der Waals surface area (Å²) >= 11 is 6.04. The molecule has 0 saturated heterocycles. The fourth-order valence-electron chi connectivity index (χ4n) is 3.04. The summed E-state index contributed by atoms with van der Waals surface area (Å²) in [7, 11) is -5.98. The number of aromatic nitrogens is 1. The maximum absolute atomic E-state index is 12.8. The van der Waals surface area contributed by atoms with Gasteiger partial charge in [-0.2, -0.15) is 21.6 Å². The lowest BCUT2D eigenvalue weighted by molar-refractivity contribution is -0.0499. The number of alkyl halides is 4. The van der Waals surface area contributed by atoms with Crippen molar-refractivity contribution in [2.24, 2.45) is 0 Å². The van der Waals surface area contributed by atoms with Crippen LogP contribution in [0.15, 0.2) is 10.5 Å². The van der Waals surface area contributed by atoms with Gasteiger partial charge in [0, 0.05) is 36.9 Å². The van der Waals surface area contributed by atoms with Crippen molar-refractivity contribution < 1.29 is 39.7 Å². The molecule has 0 spiro atoms. The molecule has 1 aliphatic rings. The van der Waals surface area contributed by atoms with E-state index in [-0.39, 0.29) is 35.1 Å². The minimum absolute atomic E-state index is 0.0598. The van der Waals surface area contributed by atoms with Crippen molar-refractivity contribution in [1.29, 1.82) is 0 Å². The quantitative estimate of drug-likeness (QED) is 0.371. The van der Waals surface area contributed by atoms with Crippen molar-refractivity contribution in [3.05, 3.63) is 17.5 Å². The number of carbonyl (C=O) groups excluding carboxylic acids is 1. The summed E-state index contributed by atoms with van der Waals surface area (Å²) in [5, 5.41) is 0. The molecule has 1 unspecified atom stereocenters. The number of hydrogen-bond donors (Lipinski definition) is 0. The van der Waals surface area contributed by atoms with Crippen molar-refractivity contribution in [3.63, 3.8) is 0 Å². The lowest BCUT2D eigenvalue weighted by atomic mass is 10.0. The van der Waals surface area contributed by atoms with Crippen LogP contribution in [0.1, 0.15) is 38.1 Å². The molecule has 0 fully saturated rings. The van der Waals surface area contributed by atoms with Crippen molar-refractivity contribution in [1.82, 2.24) is 4.98 Å². The summed E-state index contributed by atoms with van der Waals surface area (Å²) in [4.78, 5) is 18.0. The zero-order valence-electron chi connectivity index (χ0n) is 16.3. The second kappa shape index (κ2) is 7.19. The first-order chi connectivity index (χ1) is 13.6. The summed E-state index contributed by atoms with van der Waals surface area (Å²) < 4.78 is 76.6. The first-order valence-electron chi connectivity index (χ1n) is 8.66. The Morgan fingerprint density at radius 3 is 2.53 bits per heavy atom. The van der Waals surface area contributed by atoms with E-state index < -0.39 is 39.0 Å². The molecule has 2 heterocycles. The number of ether oxygens (including phenoxy) is 1. The normalized spacial score (nSPS) is 17.3. The van der Waals surface area contributed by atoms with Gasteiger partial charge in [0.2, 0.25) is 0 Å². The molecule has 3 rings (SSSR count). The molecule has 2 aromatic rings. The molecule has 1 aromatic heterocycles. The first-order valence-corrected chi connectivity index (χ1v) is 10.6. The number of benzene rings is 1. The number of rotatable bonds is 3. The van der Waals surface area contributed by atoms with Crippen LogP contribution in [0, 0.1) is 6.92 Å².